The van der Waals surface area contributed by atoms with Gasteiger partial charge in [-0.25, -0.2) is 0 Å². The minimum atomic E-state index is -5.42. The van der Waals surface area contributed by atoms with Crippen molar-refractivity contribution in [1.82, 2.24) is 0 Å². The molecule has 0 aromatic heterocycles. The van der Waals surface area contributed by atoms with Gasteiger partial charge in [0.2, 0.25) is 11.5 Å². The number of alkyl halides is 12. The standard InChI is InChI=1S/2C5H2F6O2.Co/c2*6-4(7,8)2(12)1-3(13)5(9,10)11;/h2*1,12H;. The summed E-state index contributed by atoms with van der Waals surface area (Å²) >= 11 is 0. The molecule has 0 amide bonds. The molecule has 1 radical (unpaired) electrons. The molecule has 2 N–H and O–H groups in total. The maximum Gasteiger partial charge on any atom is 0.454 e. The number of aliphatic hydroxyl groups is 2. The Balaban J connectivity index is -0.000000411. The predicted octanol–water partition coefficient (Wildman–Crippen LogP) is 4.24. The van der Waals surface area contributed by atoms with Crippen molar-refractivity contribution in [3.05, 3.63) is 23.7 Å². The summed E-state index contributed by atoms with van der Waals surface area (Å²) in [5.74, 6) is -10.7. The molecule has 0 aliphatic carbocycles. The summed E-state index contributed by atoms with van der Waals surface area (Å²) in [7, 11) is 0. The summed E-state index contributed by atoms with van der Waals surface area (Å²) in [6.07, 6.45) is -23.4. The number of carbonyl (C=O) groups is 2. The van der Waals surface area contributed by atoms with Gasteiger partial charge >= 0.3 is 24.7 Å². The van der Waals surface area contributed by atoms with E-state index in [9.17, 15) is 62.3 Å². The Hall–Kier alpha value is -1.91. The molecule has 161 valence electrons. The molecule has 0 aliphatic rings. The Morgan fingerprint density at radius 2 is 0.704 bits per heavy atom. The molecule has 0 fully saturated rings. The summed E-state index contributed by atoms with van der Waals surface area (Å²) < 4.78 is 136. The van der Waals surface area contributed by atoms with Crippen molar-refractivity contribution < 1.29 is 89.3 Å². The van der Waals surface area contributed by atoms with Crippen LogP contribution < -0.4 is 0 Å². The maximum atomic E-state index is 11.4. The third kappa shape index (κ3) is 13.0. The van der Waals surface area contributed by atoms with E-state index in [2.05, 4.69) is 0 Å². The van der Waals surface area contributed by atoms with E-state index in [4.69, 9.17) is 10.2 Å². The summed E-state index contributed by atoms with van der Waals surface area (Å²) in [4.78, 5) is 19.7. The molecular formula is C10H4CoF12O4. The van der Waals surface area contributed by atoms with Crippen LogP contribution in [0.4, 0.5) is 52.7 Å². The molecule has 0 heterocycles. The molecule has 0 unspecified atom stereocenters. The summed E-state index contributed by atoms with van der Waals surface area (Å²) in [6, 6.07) is 0. The van der Waals surface area contributed by atoms with Crippen molar-refractivity contribution in [2.45, 2.75) is 24.7 Å². The molecule has 0 aromatic rings. The van der Waals surface area contributed by atoms with Gasteiger partial charge in [0, 0.05) is 28.9 Å². The van der Waals surface area contributed by atoms with Crippen molar-refractivity contribution in [2.24, 2.45) is 0 Å². The quantitative estimate of drug-likeness (QED) is 0.356. The van der Waals surface area contributed by atoms with Gasteiger partial charge < -0.3 is 10.2 Å². The van der Waals surface area contributed by atoms with E-state index in [0.29, 0.717) is 0 Å². The van der Waals surface area contributed by atoms with Gasteiger partial charge in [-0.2, -0.15) is 52.7 Å². The normalized spacial score (nSPS) is 13.9. The first-order valence-electron chi connectivity index (χ1n) is 5.28. The zero-order chi connectivity index (χ0) is 21.7. The molecule has 27 heavy (non-hydrogen) atoms. The molecular weight excluding hydrogens is 471 g/mol. The molecule has 4 nitrogen and oxygen atoms in total. The van der Waals surface area contributed by atoms with E-state index in [-0.39, 0.29) is 16.8 Å². The first-order chi connectivity index (χ1) is 11.1. The van der Waals surface area contributed by atoms with Crippen LogP contribution in [0.3, 0.4) is 0 Å². The number of rotatable bonds is 2. The van der Waals surface area contributed by atoms with Crippen LogP contribution in [0.1, 0.15) is 0 Å². The van der Waals surface area contributed by atoms with Crippen molar-refractivity contribution in [3.63, 3.8) is 0 Å². The Morgan fingerprint density at radius 1 is 0.519 bits per heavy atom. The second-order valence-electron chi connectivity index (χ2n) is 3.78. The smallest absolute Gasteiger partial charge is 0.454 e. The molecule has 0 saturated heterocycles. The second-order valence-corrected chi connectivity index (χ2v) is 3.78. The third-order valence-corrected chi connectivity index (χ3v) is 1.68. The van der Waals surface area contributed by atoms with E-state index < -0.39 is 59.9 Å². The Bertz CT molecular complexity index is 527. The molecule has 17 heteroatoms. The van der Waals surface area contributed by atoms with Crippen LogP contribution in [0.5, 0.6) is 0 Å². The van der Waals surface area contributed by atoms with Crippen molar-refractivity contribution in [1.29, 1.82) is 0 Å². The largest absolute Gasteiger partial charge is 0.504 e. The first-order valence-corrected chi connectivity index (χ1v) is 5.28. The summed E-state index contributed by atoms with van der Waals surface area (Å²) in [6.45, 7) is 0. The minimum absolute atomic E-state index is 0. The van der Waals surface area contributed by atoms with Crippen LogP contribution >= 0.6 is 0 Å². The van der Waals surface area contributed by atoms with E-state index in [1.807, 2.05) is 0 Å². The van der Waals surface area contributed by atoms with Crippen LogP contribution in [0.15, 0.2) is 23.7 Å². The number of aliphatic hydroxyl groups excluding tert-OH is 2. The fraction of sp³-hybridized carbons (Fsp3) is 0.400. The Morgan fingerprint density at radius 3 is 0.815 bits per heavy atom. The van der Waals surface area contributed by atoms with Gasteiger partial charge in [0.05, 0.1) is 0 Å². The number of halogens is 12. The minimum Gasteiger partial charge on any atom is -0.504 e. The van der Waals surface area contributed by atoms with Gasteiger partial charge in [-0.3, -0.25) is 9.59 Å². The zero-order valence-electron chi connectivity index (χ0n) is 11.7. The van der Waals surface area contributed by atoms with Gasteiger partial charge in [0.1, 0.15) is 0 Å². The van der Waals surface area contributed by atoms with Crippen molar-refractivity contribution in [3.8, 4) is 0 Å². The molecule has 0 atom stereocenters. The third-order valence-electron chi connectivity index (χ3n) is 1.68. The average Bonchev–Trinajstić information content (AvgIpc) is 2.34. The van der Waals surface area contributed by atoms with E-state index in [0.717, 1.165) is 0 Å². The zero-order valence-corrected chi connectivity index (χ0v) is 12.8. The maximum absolute atomic E-state index is 11.4. The fourth-order valence-electron chi connectivity index (χ4n) is 0.576. The number of ketones is 2. The van der Waals surface area contributed by atoms with Gasteiger partial charge in [0.25, 0.3) is 11.6 Å². The molecule has 0 spiro atoms. The number of allylic oxidation sites excluding steroid dienone is 4. The van der Waals surface area contributed by atoms with Crippen LogP contribution in [-0.2, 0) is 26.4 Å². The fourth-order valence-corrected chi connectivity index (χ4v) is 0.576. The molecule has 0 saturated carbocycles. The van der Waals surface area contributed by atoms with Crippen LogP contribution in [-0.4, -0.2) is 46.5 Å². The van der Waals surface area contributed by atoms with Crippen LogP contribution in [0, 0.1) is 0 Å². The van der Waals surface area contributed by atoms with Crippen molar-refractivity contribution in [2.75, 3.05) is 0 Å². The summed E-state index contributed by atoms with van der Waals surface area (Å²) in [5.41, 5.74) is 0. The van der Waals surface area contributed by atoms with E-state index in [1.165, 1.54) is 0 Å². The first kappa shape index (κ1) is 29.8. The number of carbonyl (C=O) groups excluding carboxylic acids is 2. The van der Waals surface area contributed by atoms with Crippen LogP contribution in [0.2, 0.25) is 0 Å². The SMILES string of the molecule is O=C(C=C(O)C(F)(F)F)C(F)(F)F.O=C(C=C(O)C(F)(F)F)C(F)(F)F.[Co]. The van der Waals surface area contributed by atoms with Gasteiger partial charge in [0.15, 0.2) is 0 Å². The van der Waals surface area contributed by atoms with Gasteiger partial charge in [-0.1, -0.05) is 0 Å². The molecule has 0 bridgehead atoms. The second kappa shape index (κ2) is 9.86. The number of hydrogen-bond acceptors (Lipinski definition) is 4. The van der Waals surface area contributed by atoms with Gasteiger partial charge in [-0.05, 0) is 0 Å². The Labute approximate surface area is 150 Å². The summed E-state index contributed by atoms with van der Waals surface area (Å²) in [5, 5.41) is 15.9. The van der Waals surface area contributed by atoms with E-state index in [1.54, 1.807) is 0 Å². The number of hydrogen-bond donors (Lipinski definition) is 2. The van der Waals surface area contributed by atoms with E-state index >= 15 is 0 Å². The van der Waals surface area contributed by atoms with Crippen LogP contribution in [0.25, 0.3) is 0 Å². The van der Waals surface area contributed by atoms with Crippen molar-refractivity contribution >= 4 is 11.6 Å². The Kier molecular flexibility index (Phi) is 10.9. The average molecular weight is 475 g/mol. The monoisotopic (exact) mass is 475 g/mol. The molecule has 0 rings (SSSR count). The molecule has 0 aliphatic heterocycles. The van der Waals surface area contributed by atoms with Gasteiger partial charge in [-0.15, -0.1) is 0 Å². The topological polar surface area (TPSA) is 74.6 Å². The predicted molar refractivity (Wildman–Crippen MR) is 55.7 cm³/mol. The molecule has 0 aromatic carbocycles.